The molecule has 0 spiro atoms. The summed E-state index contributed by atoms with van der Waals surface area (Å²) in [7, 11) is 0. The molecule has 0 unspecified atom stereocenters. The van der Waals surface area contributed by atoms with Crippen LogP contribution in [0.3, 0.4) is 0 Å². The zero-order valence-corrected chi connectivity index (χ0v) is 6.48. The molecule has 0 atom stereocenters. The molecule has 0 nitrogen and oxygen atoms in total. The van der Waals surface area contributed by atoms with Gasteiger partial charge in [0.05, 0.1) is 0 Å². The topological polar surface area (TPSA) is 0 Å². The van der Waals surface area contributed by atoms with E-state index in [9.17, 15) is 0 Å². The third-order valence-electron chi connectivity index (χ3n) is 1.45. The molecule has 0 amide bonds. The maximum atomic E-state index is 3.72. The van der Waals surface area contributed by atoms with Crippen molar-refractivity contribution < 1.29 is 0 Å². The third kappa shape index (κ3) is 4.01. The predicted molar refractivity (Wildman–Crippen MR) is 43.5 cm³/mol. The SMILES string of the molecule is C=C/C(=C\C)CCCC. The molecule has 9 heavy (non-hydrogen) atoms. The number of rotatable bonds is 4. The van der Waals surface area contributed by atoms with Gasteiger partial charge in [0.1, 0.15) is 0 Å². The lowest BCUT2D eigenvalue weighted by molar-refractivity contribution is 0.797. The van der Waals surface area contributed by atoms with E-state index in [0.29, 0.717) is 0 Å². The maximum absolute atomic E-state index is 3.72. The monoisotopic (exact) mass is 124 g/mol. The lowest BCUT2D eigenvalue weighted by Gasteiger charge is -1.96. The van der Waals surface area contributed by atoms with Crippen LogP contribution in [0.1, 0.15) is 33.1 Å². The minimum atomic E-state index is 1.19. The molecule has 0 aromatic rings. The Hall–Kier alpha value is -0.520. The van der Waals surface area contributed by atoms with Gasteiger partial charge in [-0.2, -0.15) is 0 Å². The molecule has 0 heteroatoms. The highest BCUT2D eigenvalue weighted by Gasteiger charge is 1.86. The van der Waals surface area contributed by atoms with E-state index in [1.165, 1.54) is 24.8 Å². The first-order valence-corrected chi connectivity index (χ1v) is 3.62. The zero-order chi connectivity index (χ0) is 7.11. The van der Waals surface area contributed by atoms with E-state index in [0.717, 1.165) is 0 Å². The van der Waals surface area contributed by atoms with Crippen molar-refractivity contribution in [2.75, 3.05) is 0 Å². The van der Waals surface area contributed by atoms with Crippen LogP contribution in [0.25, 0.3) is 0 Å². The number of unbranched alkanes of at least 4 members (excludes halogenated alkanes) is 1. The quantitative estimate of drug-likeness (QED) is 0.504. The van der Waals surface area contributed by atoms with Crippen LogP contribution in [0.4, 0.5) is 0 Å². The summed E-state index contributed by atoms with van der Waals surface area (Å²) in [6.45, 7) is 7.98. The Kier molecular flexibility index (Phi) is 5.29. The number of hydrogen-bond acceptors (Lipinski definition) is 0. The van der Waals surface area contributed by atoms with Gasteiger partial charge in [-0.1, -0.05) is 37.6 Å². The highest BCUT2D eigenvalue weighted by Crippen LogP contribution is 2.06. The van der Waals surface area contributed by atoms with Crippen LogP contribution in [0.5, 0.6) is 0 Å². The second kappa shape index (κ2) is 5.61. The van der Waals surface area contributed by atoms with Crippen molar-refractivity contribution in [1.82, 2.24) is 0 Å². The summed E-state index contributed by atoms with van der Waals surface area (Å²) in [6.07, 6.45) is 7.81. The van der Waals surface area contributed by atoms with Gasteiger partial charge < -0.3 is 0 Å². The van der Waals surface area contributed by atoms with Gasteiger partial charge in [-0.25, -0.2) is 0 Å². The van der Waals surface area contributed by atoms with Gasteiger partial charge in [0.15, 0.2) is 0 Å². The molecule has 0 aliphatic carbocycles. The van der Waals surface area contributed by atoms with Crippen molar-refractivity contribution >= 4 is 0 Å². The van der Waals surface area contributed by atoms with Gasteiger partial charge in [0.25, 0.3) is 0 Å². The normalized spacial score (nSPS) is 11.6. The van der Waals surface area contributed by atoms with E-state index in [2.05, 4.69) is 26.5 Å². The van der Waals surface area contributed by atoms with Crippen LogP contribution in [-0.4, -0.2) is 0 Å². The Morgan fingerprint density at radius 3 is 2.56 bits per heavy atom. The van der Waals surface area contributed by atoms with Gasteiger partial charge in [-0.3, -0.25) is 0 Å². The first-order valence-electron chi connectivity index (χ1n) is 3.62. The van der Waals surface area contributed by atoms with E-state index in [-0.39, 0.29) is 0 Å². The van der Waals surface area contributed by atoms with Gasteiger partial charge in [0, 0.05) is 0 Å². The smallest absolute Gasteiger partial charge is 0.0282 e. The molecule has 0 N–H and O–H groups in total. The summed E-state index contributed by atoms with van der Waals surface area (Å²) in [6, 6.07) is 0. The molecular formula is C9H16. The molecule has 0 heterocycles. The Morgan fingerprint density at radius 2 is 2.22 bits per heavy atom. The second-order valence-electron chi connectivity index (χ2n) is 2.17. The minimum absolute atomic E-state index is 1.19. The van der Waals surface area contributed by atoms with Crippen molar-refractivity contribution in [1.29, 1.82) is 0 Å². The first-order chi connectivity index (χ1) is 4.35. The van der Waals surface area contributed by atoms with E-state index in [1.54, 1.807) is 0 Å². The first kappa shape index (κ1) is 8.48. The number of hydrogen-bond donors (Lipinski definition) is 0. The largest absolute Gasteiger partial charge is 0.0988 e. The Labute approximate surface area is 58.3 Å². The minimum Gasteiger partial charge on any atom is -0.0988 e. The fourth-order valence-electron chi connectivity index (χ4n) is 0.745. The van der Waals surface area contributed by atoms with E-state index < -0.39 is 0 Å². The lowest BCUT2D eigenvalue weighted by Crippen LogP contribution is -1.76. The molecule has 0 rings (SSSR count). The molecule has 0 aliphatic rings. The number of allylic oxidation sites excluding steroid dienone is 3. The van der Waals surface area contributed by atoms with Crippen LogP contribution in [0.2, 0.25) is 0 Å². The summed E-state index contributed by atoms with van der Waals surface area (Å²) in [5, 5.41) is 0. The fourth-order valence-corrected chi connectivity index (χ4v) is 0.745. The second-order valence-corrected chi connectivity index (χ2v) is 2.17. The third-order valence-corrected chi connectivity index (χ3v) is 1.45. The highest BCUT2D eigenvalue weighted by atomic mass is 13.9. The van der Waals surface area contributed by atoms with Crippen LogP contribution in [0, 0.1) is 0 Å². The van der Waals surface area contributed by atoms with E-state index in [4.69, 9.17) is 0 Å². The molecule has 0 radical (unpaired) electrons. The molecule has 0 aliphatic heterocycles. The van der Waals surface area contributed by atoms with Crippen molar-refractivity contribution in [3.05, 3.63) is 24.3 Å². The highest BCUT2D eigenvalue weighted by molar-refractivity contribution is 5.14. The predicted octanol–water partition coefficient (Wildman–Crippen LogP) is 3.31. The van der Waals surface area contributed by atoms with Crippen molar-refractivity contribution in [2.24, 2.45) is 0 Å². The van der Waals surface area contributed by atoms with E-state index >= 15 is 0 Å². The summed E-state index contributed by atoms with van der Waals surface area (Å²) >= 11 is 0. The lowest BCUT2D eigenvalue weighted by atomic mass is 10.1. The molecule has 52 valence electrons. The van der Waals surface area contributed by atoms with Gasteiger partial charge in [-0.15, -0.1) is 0 Å². The Balaban J connectivity index is 3.45. The average molecular weight is 124 g/mol. The van der Waals surface area contributed by atoms with Crippen LogP contribution in [-0.2, 0) is 0 Å². The Bertz CT molecular complexity index is 98.6. The van der Waals surface area contributed by atoms with Crippen molar-refractivity contribution in [3.63, 3.8) is 0 Å². The molecule has 0 saturated carbocycles. The zero-order valence-electron chi connectivity index (χ0n) is 6.48. The van der Waals surface area contributed by atoms with Gasteiger partial charge >= 0.3 is 0 Å². The molecule has 0 fully saturated rings. The van der Waals surface area contributed by atoms with Crippen LogP contribution >= 0.6 is 0 Å². The van der Waals surface area contributed by atoms with Crippen molar-refractivity contribution in [3.8, 4) is 0 Å². The van der Waals surface area contributed by atoms with E-state index in [1.807, 2.05) is 6.08 Å². The molecule has 0 saturated heterocycles. The molecule has 0 aromatic heterocycles. The summed E-state index contributed by atoms with van der Waals surface area (Å²) in [4.78, 5) is 0. The summed E-state index contributed by atoms with van der Waals surface area (Å²) in [5.41, 5.74) is 1.37. The van der Waals surface area contributed by atoms with Crippen LogP contribution in [0.15, 0.2) is 24.3 Å². The summed E-state index contributed by atoms with van der Waals surface area (Å²) < 4.78 is 0. The molecule has 0 aromatic carbocycles. The maximum Gasteiger partial charge on any atom is -0.0282 e. The standard InChI is InChI=1S/C9H16/c1-4-7-8-9(5-2)6-3/h5-6H,2,4,7-8H2,1,3H3/b9-6+. The summed E-state index contributed by atoms with van der Waals surface area (Å²) in [5.74, 6) is 0. The fraction of sp³-hybridized carbons (Fsp3) is 0.556. The average Bonchev–Trinajstić information content (AvgIpc) is 1.91. The van der Waals surface area contributed by atoms with Gasteiger partial charge in [0.2, 0.25) is 0 Å². The Morgan fingerprint density at radius 1 is 1.56 bits per heavy atom. The van der Waals surface area contributed by atoms with Crippen molar-refractivity contribution in [2.45, 2.75) is 33.1 Å². The van der Waals surface area contributed by atoms with Crippen LogP contribution < -0.4 is 0 Å². The molecular weight excluding hydrogens is 108 g/mol. The van der Waals surface area contributed by atoms with Gasteiger partial charge in [-0.05, 0) is 19.8 Å². The molecule has 0 bridgehead atoms.